The van der Waals surface area contributed by atoms with Gasteiger partial charge in [-0.25, -0.2) is 9.37 Å². The van der Waals surface area contributed by atoms with E-state index in [1.54, 1.807) is 17.0 Å². The summed E-state index contributed by atoms with van der Waals surface area (Å²) in [5.74, 6) is -0.329. The molecule has 0 radical (unpaired) electrons. The third-order valence-corrected chi connectivity index (χ3v) is 4.08. The predicted molar refractivity (Wildman–Crippen MR) is 84.7 cm³/mol. The third-order valence-electron chi connectivity index (χ3n) is 4.08. The van der Waals surface area contributed by atoms with E-state index in [2.05, 4.69) is 9.88 Å². The quantitative estimate of drug-likeness (QED) is 0.772. The Bertz CT molecular complexity index is 685. The molecule has 0 bridgehead atoms. The topological polar surface area (TPSA) is 19.4 Å². The maximum atomic E-state index is 13.2. The summed E-state index contributed by atoms with van der Waals surface area (Å²) in [7, 11) is 0. The monoisotopic (exact) mass is 339 g/mol. The molecular formula is C17H17F4N3. The summed E-state index contributed by atoms with van der Waals surface area (Å²) in [4.78, 5) is 7.68. The number of anilines is 2. The van der Waals surface area contributed by atoms with Gasteiger partial charge in [0.25, 0.3) is 0 Å². The maximum absolute atomic E-state index is 13.2. The normalized spacial score (nSPS) is 16.2. The number of rotatable bonds is 2. The van der Waals surface area contributed by atoms with Crippen molar-refractivity contribution in [3.05, 3.63) is 54.0 Å². The lowest BCUT2D eigenvalue weighted by Crippen LogP contribution is -2.32. The van der Waals surface area contributed by atoms with Crippen LogP contribution in [0, 0.1) is 5.82 Å². The maximum Gasteiger partial charge on any atom is 0.419 e. The fourth-order valence-corrected chi connectivity index (χ4v) is 2.91. The molecule has 1 aliphatic heterocycles. The van der Waals surface area contributed by atoms with Crippen LogP contribution in [0.3, 0.4) is 0 Å². The second kappa shape index (κ2) is 6.67. The van der Waals surface area contributed by atoms with Crippen LogP contribution < -0.4 is 9.80 Å². The van der Waals surface area contributed by atoms with Crippen molar-refractivity contribution in [3.8, 4) is 0 Å². The lowest BCUT2D eigenvalue weighted by Gasteiger charge is -2.26. The highest BCUT2D eigenvalue weighted by Gasteiger charge is 2.35. The van der Waals surface area contributed by atoms with Gasteiger partial charge < -0.3 is 9.80 Å². The van der Waals surface area contributed by atoms with Crippen molar-refractivity contribution in [1.82, 2.24) is 4.98 Å². The first kappa shape index (κ1) is 16.5. The number of hydrogen-bond acceptors (Lipinski definition) is 3. The van der Waals surface area contributed by atoms with Gasteiger partial charge in [0.2, 0.25) is 0 Å². The van der Waals surface area contributed by atoms with Gasteiger partial charge in [-0.05, 0) is 42.8 Å². The summed E-state index contributed by atoms with van der Waals surface area (Å²) in [5.41, 5.74) is 0.163. The molecule has 128 valence electrons. The molecule has 0 unspecified atom stereocenters. The minimum absolute atomic E-state index is 0.0223. The molecular weight excluding hydrogens is 322 g/mol. The van der Waals surface area contributed by atoms with Crippen molar-refractivity contribution in [2.45, 2.75) is 12.6 Å². The Morgan fingerprint density at radius 2 is 1.54 bits per heavy atom. The van der Waals surface area contributed by atoms with Crippen molar-refractivity contribution in [2.24, 2.45) is 0 Å². The molecule has 0 amide bonds. The Morgan fingerprint density at radius 3 is 2.25 bits per heavy atom. The number of halogens is 4. The average molecular weight is 339 g/mol. The minimum Gasteiger partial charge on any atom is -0.370 e. The number of nitrogens with zero attached hydrogens (tertiary/aromatic N) is 3. The molecule has 7 heteroatoms. The first-order chi connectivity index (χ1) is 11.4. The summed E-state index contributed by atoms with van der Waals surface area (Å²) in [6.45, 7) is 2.19. The van der Waals surface area contributed by atoms with E-state index < -0.39 is 11.7 Å². The van der Waals surface area contributed by atoms with Crippen molar-refractivity contribution < 1.29 is 17.6 Å². The van der Waals surface area contributed by atoms with E-state index in [1.807, 2.05) is 0 Å². The summed E-state index contributed by atoms with van der Waals surface area (Å²) in [6.07, 6.45) is -2.34. The van der Waals surface area contributed by atoms with Gasteiger partial charge in [0.05, 0.1) is 5.56 Å². The molecule has 0 N–H and O–H groups in total. The van der Waals surface area contributed by atoms with E-state index in [9.17, 15) is 17.6 Å². The fraction of sp³-hybridized carbons (Fsp3) is 0.353. The molecule has 1 aromatic heterocycles. The van der Waals surface area contributed by atoms with E-state index in [4.69, 9.17) is 0 Å². The van der Waals surface area contributed by atoms with Gasteiger partial charge >= 0.3 is 6.18 Å². The predicted octanol–water partition coefficient (Wildman–Crippen LogP) is 3.96. The second-order valence-corrected chi connectivity index (χ2v) is 5.68. The summed E-state index contributed by atoms with van der Waals surface area (Å²) < 4.78 is 52.5. The van der Waals surface area contributed by atoms with E-state index in [0.29, 0.717) is 32.6 Å². The van der Waals surface area contributed by atoms with Crippen molar-refractivity contribution in [3.63, 3.8) is 0 Å². The molecule has 1 aliphatic rings. The molecule has 2 aromatic rings. The highest BCUT2D eigenvalue weighted by molar-refractivity contribution is 5.51. The van der Waals surface area contributed by atoms with Gasteiger partial charge in [-0.1, -0.05) is 0 Å². The molecule has 3 nitrogen and oxygen atoms in total. The Hall–Kier alpha value is -2.31. The van der Waals surface area contributed by atoms with Gasteiger partial charge in [0.1, 0.15) is 11.6 Å². The van der Waals surface area contributed by atoms with E-state index >= 15 is 0 Å². The zero-order valence-electron chi connectivity index (χ0n) is 12.9. The molecule has 1 aromatic carbocycles. The van der Waals surface area contributed by atoms with Crippen LogP contribution in [0.15, 0.2) is 42.6 Å². The van der Waals surface area contributed by atoms with Gasteiger partial charge in [-0.15, -0.1) is 0 Å². The zero-order chi connectivity index (χ0) is 17.2. The van der Waals surface area contributed by atoms with E-state index in [0.717, 1.165) is 11.8 Å². The number of pyridine rings is 1. The van der Waals surface area contributed by atoms with Gasteiger partial charge in [-0.2, -0.15) is 13.2 Å². The van der Waals surface area contributed by atoms with Crippen molar-refractivity contribution >= 4 is 11.5 Å². The van der Waals surface area contributed by atoms with Gasteiger partial charge in [0, 0.05) is 38.1 Å². The Morgan fingerprint density at radius 1 is 0.875 bits per heavy atom. The van der Waals surface area contributed by atoms with Gasteiger partial charge in [0.15, 0.2) is 0 Å². The molecule has 0 saturated carbocycles. The smallest absolute Gasteiger partial charge is 0.370 e. The van der Waals surface area contributed by atoms with Crippen molar-refractivity contribution in [2.75, 3.05) is 36.0 Å². The minimum atomic E-state index is -4.42. The molecule has 2 heterocycles. The number of benzene rings is 1. The Labute approximate surface area is 137 Å². The molecule has 24 heavy (non-hydrogen) atoms. The number of alkyl halides is 3. The van der Waals surface area contributed by atoms with Crippen LogP contribution >= 0.6 is 0 Å². The average Bonchev–Trinajstić information content (AvgIpc) is 2.81. The summed E-state index contributed by atoms with van der Waals surface area (Å²) >= 11 is 0. The molecule has 0 spiro atoms. The van der Waals surface area contributed by atoms with Gasteiger partial charge in [-0.3, -0.25) is 0 Å². The van der Waals surface area contributed by atoms with Crippen LogP contribution in [-0.2, 0) is 6.18 Å². The highest BCUT2D eigenvalue weighted by atomic mass is 19.4. The van der Waals surface area contributed by atoms with Crippen LogP contribution in [-0.4, -0.2) is 31.2 Å². The third kappa shape index (κ3) is 3.60. The molecule has 1 fully saturated rings. The van der Waals surface area contributed by atoms with Crippen LogP contribution in [0.2, 0.25) is 0 Å². The lowest BCUT2D eigenvalue weighted by atomic mass is 10.2. The molecule has 0 aliphatic carbocycles. The SMILES string of the molecule is Fc1ccc(N2CCCN(c3ncccc3C(F)(F)F)CC2)cc1. The summed E-state index contributed by atoms with van der Waals surface area (Å²) in [6, 6.07) is 8.51. The molecule has 0 atom stereocenters. The van der Waals surface area contributed by atoms with Crippen LogP contribution in [0.25, 0.3) is 0 Å². The van der Waals surface area contributed by atoms with Crippen LogP contribution in [0.5, 0.6) is 0 Å². The largest absolute Gasteiger partial charge is 0.419 e. The molecule has 3 rings (SSSR count). The fourth-order valence-electron chi connectivity index (χ4n) is 2.91. The van der Waals surface area contributed by atoms with E-state index in [-0.39, 0.29) is 11.6 Å². The Kier molecular flexibility index (Phi) is 4.59. The second-order valence-electron chi connectivity index (χ2n) is 5.68. The van der Waals surface area contributed by atoms with Crippen LogP contribution in [0.1, 0.15) is 12.0 Å². The van der Waals surface area contributed by atoms with Crippen molar-refractivity contribution in [1.29, 1.82) is 0 Å². The zero-order valence-corrected chi connectivity index (χ0v) is 12.9. The first-order valence-corrected chi connectivity index (χ1v) is 7.73. The van der Waals surface area contributed by atoms with E-state index in [1.165, 1.54) is 24.4 Å². The van der Waals surface area contributed by atoms with Crippen LogP contribution in [0.4, 0.5) is 29.1 Å². The number of aromatic nitrogens is 1. The molecule has 1 saturated heterocycles. The lowest BCUT2D eigenvalue weighted by molar-refractivity contribution is -0.137. The standard InChI is InChI=1S/C17H17F4N3/c18-13-4-6-14(7-5-13)23-9-2-10-24(12-11-23)16-15(17(19,20)21)3-1-8-22-16/h1,3-8H,2,9-12H2. The highest BCUT2D eigenvalue weighted by Crippen LogP contribution is 2.35. The summed E-state index contributed by atoms with van der Waals surface area (Å²) in [5, 5.41) is 0. The first-order valence-electron chi connectivity index (χ1n) is 7.73. The number of hydrogen-bond donors (Lipinski definition) is 0. The Balaban J connectivity index is 1.78.